The summed E-state index contributed by atoms with van der Waals surface area (Å²) in [5.74, 6) is -0.329. The summed E-state index contributed by atoms with van der Waals surface area (Å²) in [5.41, 5.74) is 1.91. The molecule has 9 nitrogen and oxygen atoms in total. The highest BCUT2D eigenvalue weighted by Crippen LogP contribution is 2.17. The van der Waals surface area contributed by atoms with Gasteiger partial charge >= 0.3 is 0 Å². The molecule has 1 N–H and O–H groups in total. The monoisotopic (exact) mass is 364 g/mol. The van der Waals surface area contributed by atoms with Gasteiger partial charge in [-0.3, -0.25) is 14.5 Å². The fourth-order valence-corrected chi connectivity index (χ4v) is 3.29. The maximum Gasteiger partial charge on any atom is 0.274 e. The number of carbonyl (C=O) groups excluding carboxylic acids is 1. The molecule has 3 heterocycles. The summed E-state index contributed by atoms with van der Waals surface area (Å²) in [5, 5.41) is 4.26. The molecule has 134 valence electrons. The van der Waals surface area contributed by atoms with E-state index in [1.807, 2.05) is 10.7 Å². The van der Waals surface area contributed by atoms with Crippen molar-refractivity contribution >= 4 is 15.9 Å². The first-order valence-corrected chi connectivity index (χ1v) is 9.74. The van der Waals surface area contributed by atoms with Crippen molar-refractivity contribution < 1.29 is 13.2 Å². The van der Waals surface area contributed by atoms with Crippen LogP contribution >= 0.6 is 0 Å². The number of amides is 1. The minimum Gasteiger partial charge on any atom is -0.331 e. The summed E-state index contributed by atoms with van der Waals surface area (Å²) in [6.45, 7) is 3.37. The van der Waals surface area contributed by atoms with Gasteiger partial charge in [-0.2, -0.15) is 5.10 Å². The standard InChI is InChI=1S/C15H20N6O3S/c1-11-5-17-14(7-16-11)15(22)20-8-12(6-19-25(2,23)24)9-21-13(10-20)3-4-18-21/h3-5,7,12,19H,6,8-10H2,1-2H3/t12-/m1/s1. The van der Waals surface area contributed by atoms with Crippen LogP contribution in [0.4, 0.5) is 0 Å². The zero-order valence-electron chi connectivity index (χ0n) is 14.1. The van der Waals surface area contributed by atoms with Crippen molar-refractivity contribution in [3.05, 3.63) is 41.7 Å². The van der Waals surface area contributed by atoms with Crippen molar-refractivity contribution in [2.45, 2.75) is 20.0 Å². The number of hydrogen-bond donors (Lipinski definition) is 1. The number of nitrogens with zero attached hydrogens (tertiary/aromatic N) is 5. The van der Waals surface area contributed by atoms with Crippen LogP contribution in [0.3, 0.4) is 0 Å². The highest BCUT2D eigenvalue weighted by molar-refractivity contribution is 7.88. The number of aromatic nitrogens is 4. The van der Waals surface area contributed by atoms with E-state index in [9.17, 15) is 13.2 Å². The Labute approximate surface area is 146 Å². The minimum absolute atomic E-state index is 0.0989. The van der Waals surface area contributed by atoms with Crippen LogP contribution in [-0.2, 0) is 23.1 Å². The first kappa shape index (κ1) is 17.5. The Morgan fingerprint density at radius 3 is 2.80 bits per heavy atom. The third-order valence-electron chi connectivity index (χ3n) is 3.99. The number of aryl methyl sites for hydroxylation is 1. The van der Waals surface area contributed by atoms with Crippen LogP contribution in [0.1, 0.15) is 21.9 Å². The van der Waals surface area contributed by atoms with Gasteiger partial charge in [-0.25, -0.2) is 18.1 Å². The molecular weight excluding hydrogens is 344 g/mol. The van der Waals surface area contributed by atoms with Crippen molar-refractivity contribution in [1.82, 2.24) is 29.4 Å². The van der Waals surface area contributed by atoms with E-state index in [2.05, 4.69) is 19.8 Å². The highest BCUT2D eigenvalue weighted by atomic mass is 32.2. The second-order valence-electron chi connectivity index (χ2n) is 6.22. The molecule has 0 radical (unpaired) electrons. The predicted molar refractivity (Wildman–Crippen MR) is 90.1 cm³/mol. The van der Waals surface area contributed by atoms with Crippen LogP contribution < -0.4 is 4.72 Å². The Morgan fingerprint density at radius 1 is 1.32 bits per heavy atom. The number of fused-ring (bicyclic) bond motifs is 1. The molecule has 2 aromatic heterocycles. The molecule has 1 amide bonds. The number of rotatable bonds is 4. The van der Waals surface area contributed by atoms with E-state index in [-0.39, 0.29) is 24.1 Å². The molecule has 0 saturated carbocycles. The maximum absolute atomic E-state index is 12.8. The maximum atomic E-state index is 12.8. The fraction of sp³-hybridized carbons (Fsp3) is 0.467. The summed E-state index contributed by atoms with van der Waals surface area (Å²) in [7, 11) is -3.30. The molecule has 3 rings (SSSR count). The number of hydrogen-bond acceptors (Lipinski definition) is 6. The van der Waals surface area contributed by atoms with Crippen molar-refractivity contribution in [3.63, 3.8) is 0 Å². The molecule has 25 heavy (non-hydrogen) atoms. The third-order valence-corrected chi connectivity index (χ3v) is 4.68. The summed E-state index contributed by atoms with van der Waals surface area (Å²) >= 11 is 0. The Morgan fingerprint density at radius 2 is 2.12 bits per heavy atom. The minimum atomic E-state index is -3.30. The van der Waals surface area contributed by atoms with E-state index in [0.717, 1.165) is 17.6 Å². The molecule has 0 saturated heterocycles. The molecule has 0 bridgehead atoms. The molecule has 0 aromatic carbocycles. The molecule has 0 spiro atoms. The van der Waals surface area contributed by atoms with Crippen LogP contribution in [-0.4, -0.2) is 58.3 Å². The van der Waals surface area contributed by atoms with Gasteiger partial charge in [0, 0.05) is 37.9 Å². The average molecular weight is 364 g/mol. The van der Waals surface area contributed by atoms with Gasteiger partial charge in [0.25, 0.3) is 5.91 Å². The Balaban J connectivity index is 1.82. The molecule has 1 aliphatic heterocycles. The molecule has 1 atom stereocenters. The smallest absolute Gasteiger partial charge is 0.274 e. The van der Waals surface area contributed by atoms with E-state index in [1.54, 1.807) is 24.2 Å². The first-order valence-electron chi connectivity index (χ1n) is 7.85. The molecule has 10 heteroatoms. The van der Waals surface area contributed by atoms with Crippen LogP contribution in [0.2, 0.25) is 0 Å². The summed E-state index contributed by atoms with van der Waals surface area (Å²) in [6, 6.07) is 1.85. The molecule has 0 fully saturated rings. The molecule has 0 aliphatic carbocycles. The Kier molecular flexibility index (Phi) is 4.82. The topological polar surface area (TPSA) is 110 Å². The predicted octanol–water partition coefficient (Wildman–Crippen LogP) is -0.197. The van der Waals surface area contributed by atoms with Crippen LogP contribution in [0.25, 0.3) is 0 Å². The lowest BCUT2D eigenvalue weighted by Gasteiger charge is -2.23. The van der Waals surface area contributed by atoms with E-state index in [1.165, 1.54) is 6.20 Å². The molecule has 2 aromatic rings. The second kappa shape index (κ2) is 6.89. The fourth-order valence-electron chi connectivity index (χ4n) is 2.75. The quantitative estimate of drug-likeness (QED) is 0.805. The van der Waals surface area contributed by atoms with Gasteiger partial charge in [0.15, 0.2) is 0 Å². The van der Waals surface area contributed by atoms with Crippen LogP contribution in [0, 0.1) is 12.8 Å². The van der Waals surface area contributed by atoms with Crippen molar-refractivity contribution in [2.75, 3.05) is 19.3 Å². The SMILES string of the molecule is Cc1cnc(C(=O)N2Cc3ccnn3C[C@H](CNS(C)(=O)=O)C2)cn1. The Hall–Kier alpha value is -2.33. The van der Waals surface area contributed by atoms with E-state index >= 15 is 0 Å². The number of carbonyl (C=O) groups is 1. The first-order chi connectivity index (χ1) is 11.8. The van der Waals surface area contributed by atoms with E-state index in [0.29, 0.717) is 19.6 Å². The lowest BCUT2D eigenvalue weighted by molar-refractivity contribution is 0.0716. The van der Waals surface area contributed by atoms with Gasteiger partial charge in [-0.15, -0.1) is 0 Å². The van der Waals surface area contributed by atoms with Gasteiger partial charge in [0.05, 0.1) is 30.4 Å². The molecule has 0 unspecified atom stereocenters. The van der Waals surface area contributed by atoms with Gasteiger partial charge < -0.3 is 4.90 Å². The summed E-state index contributed by atoms with van der Waals surface area (Å²) in [4.78, 5) is 22.7. The lowest BCUT2D eigenvalue weighted by atomic mass is 10.1. The largest absolute Gasteiger partial charge is 0.331 e. The Bertz CT molecular complexity index is 862. The van der Waals surface area contributed by atoms with Gasteiger partial charge in [-0.05, 0) is 13.0 Å². The molecular formula is C15H20N6O3S. The van der Waals surface area contributed by atoms with Crippen molar-refractivity contribution in [3.8, 4) is 0 Å². The number of sulfonamides is 1. The zero-order chi connectivity index (χ0) is 18.0. The van der Waals surface area contributed by atoms with E-state index < -0.39 is 10.0 Å². The van der Waals surface area contributed by atoms with Crippen LogP contribution in [0.15, 0.2) is 24.7 Å². The third kappa shape index (κ3) is 4.40. The van der Waals surface area contributed by atoms with Crippen LogP contribution in [0.5, 0.6) is 0 Å². The van der Waals surface area contributed by atoms with Crippen molar-refractivity contribution in [1.29, 1.82) is 0 Å². The van der Waals surface area contributed by atoms with Gasteiger partial charge in [0.1, 0.15) is 5.69 Å². The number of nitrogens with one attached hydrogen (secondary N) is 1. The second-order valence-corrected chi connectivity index (χ2v) is 8.05. The lowest BCUT2D eigenvalue weighted by Crippen LogP contribution is -2.39. The average Bonchev–Trinajstić information content (AvgIpc) is 2.90. The van der Waals surface area contributed by atoms with E-state index in [4.69, 9.17) is 0 Å². The molecule has 1 aliphatic rings. The normalized spacial score (nSPS) is 17.8. The summed E-state index contributed by atoms with van der Waals surface area (Å²) < 4.78 is 27.1. The van der Waals surface area contributed by atoms with Gasteiger partial charge in [-0.1, -0.05) is 0 Å². The summed E-state index contributed by atoms with van der Waals surface area (Å²) in [6.07, 6.45) is 5.81. The van der Waals surface area contributed by atoms with Gasteiger partial charge in [0.2, 0.25) is 10.0 Å². The van der Waals surface area contributed by atoms with Crippen molar-refractivity contribution in [2.24, 2.45) is 5.92 Å². The highest BCUT2D eigenvalue weighted by Gasteiger charge is 2.27. The zero-order valence-corrected chi connectivity index (χ0v) is 14.9.